The van der Waals surface area contributed by atoms with Gasteiger partial charge in [0.1, 0.15) is 18.2 Å². The lowest BCUT2D eigenvalue weighted by Crippen LogP contribution is -1.97. The van der Waals surface area contributed by atoms with Gasteiger partial charge in [0.2, 0.25) is 0 Å². The summed E-state index contributed by atoms with van der Waals surface area (Å²) in [6.07, 6.45) is 0. The van der Waals surface area contributed by atoms with Crippen LogP contribution in [0, 0.1) is 5.82 Å². The quantitative estimate of drug-likeness (QED) is 0.324. The van der Waals surface area contributed by atoms with Crippen LogP contribution in [-0.4, -0.2) is 17.3 Å². The predicted molar refractivity (Wildman–Crippen MR) is 116 cm³/mol. The Morgan fingerprint density at radius 2 is 1.77 bits per heavy atom. The number of aromatic amines is 2. The van der Waals surface area contributed by atoms with E-state index in [0.29, 0.717) is 23.8 Å². The SMILES string of the molecule is COc1cc2cc3c(Nc4cccc(F)c4)[nH][nH]c-3c2cc1OCc1ccccc1. The Morgan fingerprint density at radius 3 is 2.57 bits per heavy atom. The first kappa shape index (κ1) is 18.1. The van der Waals surface area contributed by atoms with Crippen molar-refractivity contribution in [3.63, 3.8) is 0 Å². The third-order valence-corrected chi connectivity index (χ3v) is 5.09. The van der Waals surface area contributed by atoms with Crippen LogP contribution in [0.1, 0.15) is 5.56 Å². The van der Waals surface area contributed by atoms with Gasteiger partial charge in [0.15, 0.2) is 11.5 Å². The van der Waals surface area contributed by atoms with E-state index in [1.165, 1.54) is 12.1 Å². The highest BCUT2D eigenvalue weighted by Gasteiger charge is 2.19. The van der Waals surface area contributed by atoms with Gasteiger partial charge in [-0.05, 0) is 47.3 Å². The largest absolute Gasteiger partial charge is 0.493 e. The molecule has 0 bridgehead atoms. The summed E-state index contributed by atoms with van der Waals surface area (Å²) in [5.41, 5.74) is 3.66. The van der Waals surface area contributed by atoms with Crippen LogP contribution in [0.2, 0.25) is 0 Å². The van der Waals surface area contributed by atoms with Crippen molar-refractivity contribution in [2.24, 2.45) is 0 Å². The van der Waals surface area contributed by atoms with E-state index in [4.69, 9.17) is 9.47 Å². The lowest BCUT2D eigenvalue weighted by atomic mass is 10.2. The summed E-state index contributed by atoms with van der Waals surface area (Å²) in [5.74, 6) is 1.83. The average Bonchev–Trinajstić information content (AvgIpc) is 3.31. The Kier molecular flexibility index (Phi) is 4.52. The zero-order valence-electron chi connectivity index (χ0n) is 16.3. The molecule has 3 aromatic rings. The second-order valence-corrected chi connectivity index (χ2v) is 7.06. The van der Waals surface area contributed by atoms with Crippen molar-refractivity contribution in [2.75, 3.05) is 12.4 Å². The van der Waals surface area contributed by atoms with Crippen molar-refractivity contribution >= 4 is 22.3 Å². The van der Waals surface area contributed by atoms with Crippen LogP contribution in [0.15, 0.2) is 72.8 Å². The summed E-state index contributed by atoms with van der Waals surface area (Å²) >= 11 is 0. The average molecular weight is 401 g/mol. The van der Waals surface area contributed by atoms with Crippen molar-refractivity contribution in [3.05, 3.63) is 84.2 Å². The molecule has 0 saturated carbocycles. The minimum atomic E-state index is -0.288. The topological polar surface area (TPSA) is 62.1 Å². The maximum Gasteiger partial charge on any atom is 0.162 e. The van der Waals surface area contributed by atoms with Gasteiger partial charge in [0, 0.05) is 16.6 Å². The van der Waals surface area contributed by atoms with Crippen LogP contribution >= 0.6 is 0 Å². The zero-order chi connectivity index (χ0) is 20.5. The Bertz CT molecular complexity index is 1280. The lowest BCUT2D eigenvalue weighted by molar-refractivity contribution is 0.285. The number of rotatable bonds is 6. The molecule has 0 saturated heterocycles. The normalized spacial score (nSPS) is 11.1. The summed E-state index contributed by atoms with van der Waals surface area (Å²) in [5, 5.41) is 11.6. The third kappa shape index (κ3) is 3.33. The fourth-order valence-electron chi connectivity index (χ4n) is 3.63. The molecule has 6 heteroatoms. The Hall–Kier alpha value is -3.93. The minimum absolute atomic E-state index is 0.288. The summed E-state index contributed by atoms with van der Waals surface area (Å²) in [6.45, 7) is 0.454. The molecule has 0 amide bonds. The number of hydrogen-bond acceptors (Lipinski definition) is 3. The van der Waals surface area contributed by atoms with E-state index in [2.05, 4.69) is 21.6 Å². The Balaban J connectivity index is 1.48. The maximum absolute atomic E-state index is 13.5. The van der Waals surface area contributed by atoms with E-state index in [9.17, 15) is 4.39 Å². The van der Waals surface area contributed by atoms with Crippen molar-refractivity contribution in [2.45, 2.75) is 6.61 Å². The molecule has 1 aliphatic carbocycles. The predicted octanol–water partition coefficient (Wildman–Crippen LogP) is 6.07. The molecule has 5 nitrogen and oxygen atoms in total. The number of ether oxygens (including phenoxy) is 2. The monoisotopic (exact) mass is 401 g/mol. The van der Waals surface area contributed by atoms with Crippen LogP contribution in [0.4, 0.5) is 15.9 Å². The van der Waals surface area contributed by atoms with Gasteiger partial charge in [-0.3, -0.25) is 10.2 Å². The lowest BCUT2D eigenvalue weighted by Gasteiger charge is -2.11. The number of benzene rings is 3. The minimum Gasteiger partial charge on any atom is -0.493 e. The molecule has 0 fully saturated rings. The number of aromatic nitrogens is 2. The molecule has 0 unspecified atom stereocenters. The van der Waals surface area contributed by atoms with E-state index >= 15 is 0 Å². The van der Waals surface area contributed by atoms with E-state index in [-0.39, 0.29) is 5.82 Å². The summed E-state index contributed by atoms with van der Waals surface area (Å²) < 4.78 is 25.1. The second kappa shape index (κ2) is 7.48. The fourth-order valence-corrected chi connectivity index (χ4v) is 3.63. The molecule has 2 aliphatic rings. The first-order chi connectivity index (χ1) is 14.7. The van der Waals surface area contributed by atoms with E-state index in [1.807, 2.05) is 48.5 Å². The van der Waals surface area contributed by atoms with Crippen LogP contribution in [0.5, 0.6) is 11.5 Å². The molecular weight excluding hydrogens is 381 g/mol. The standard InChI is InChI=1S/C24H20FN3O2/c1-29-21-11-16-10-20-23(27-28-24(20)26-18-9-5-8-17(25)12-18)19(16)13-22(21)30-14-15-6-3-2-4-7-15/h2-13,26-28H,14H2,1H3. The fraction of sp³-hybridized carbons (Fsp3) is 0.0833. The molecule has 0 spiro atoms. The summed E-state index contributed by atoms with van der Waals surface area (Å²) in [4.78, 5) is 0. The molecule has 0 atom stereocenters. The highest BCUT2D eigenvalue weighted by atomic mass is 19.1. The van der Waals surface area contributed by atoms with Gasteiger partial charge in [0.05, 0.1) is 12.8 Å². The van der Waals surface area contributed by atoms with Crippen LogP contribution in [0.25, 0.3) is 22.0 Å². The van der Waals surface area contributed by atoms with Gasteiger partial charge < -0.3 is 14.8 Å². The van der Waals surface area contributed by atoms with Crippen LogP contribution < -0.4 is 14.8 Å². The number of H-pyrrole nitrogens is 2. The number of anilines is 2. The van der Waals surface area contributed by atoms with Gasteiger partial charge in [-0.15, -0.1) is 0 Å². The number of hydrogen-bond donors (Lipinski definition) is 3. The van der Waals surface area contributed by atoms with Crippen LogP contribution in [-0.2, 0) is 6.61 Å². The van der Waals surface area contributed by atoms with E-state index in [0.717, 1.165) is 33.4 Å². The highest BCUT2D eigenvalue weighted by molar-refractivity contribution is 6.05. The molecule has 0 radical (unpaired) electrons. The van der Waals surface area contributed by atoms with E-state index < -0.39 is 0 Å². The molecule has 0 aromatic heterocycles. The van der Waals surface area contributed by atoms with Crippen molar-refractivity contribution in [1.82, 2.24) is 10.2 Å². The molecule has 5 rings (SSSR count). The van der Waals surface area contributed by atoms with Crippen molar-refractivity contribution in [1.29, 1.82) is 0 Å². The number of nitrogens with one attached hydrogen (secondary N) is 3. The zero-order valence-corrected chi connectivity index (χ0v) is 16.3. The molecule has 1 aliphatic heterocycles. The highest BCUT2D eigenvalue weighted by Crippen LogP contribution is 2.43. The number of methoxy groups -OCH3 is 1. The molecule has 30 heavy (non-hydrogen) atoms. The second-order valence-electron chi connectivity index (χ2n) is 7.06. The van der Waals surface area contributed by atoms with E-state index in [1.54, 1.807) is 13.2 Å². The molecule has 150 valence electrons. The smallest absolute Gasteiger partial charge is 0.162 e. The van der Waals surface area contributed by atoms with Gasteiger partial charge in [-0.2, -0.15) is 0 Å². The summed E-state index contributed by atoms with van der Waals surface area (Å²) in [6, 6.07) is 22.4. The Morgan fingerprint density at radius 1 is 0.900 bits per heavy atom. The number of halogens is 1. The number of fused-ring (bicyclic) bond motifs is 3. The molecular formula is C24H20FN3O2. The first-order valence-electron chi connectivity index (χ1n) is 9.61. The molecule has 3 aromatic carbocycles. The molecule has 3 N–H and O–H groups in total. The van der Waals surface area contributed by atoms with Crippen LogP contribution in [0.3, 0.4) is 0 Å². The third-order valence-electron chi connectivity index (χ3n) is 5.09. The first-order valence-corrected chi connectivity index (χ1v) is 9.61. The Labute approximate surface area is 172 Å². The van der Waals surface area contributed by atoms with Gasteiger partial charge in [-0.25, -0.2) is 4.39 Å². The van der Waals surface area contributed by atoms with Crippen molar-refractivity contribution < 1.29 is 13.9 Å². The summed E-state index contributed by atoms with van der Waals surface area (Å²) in [7, 11) is 1.63. The van der Waals surface area contributed by atoms with Gasteiger partial charge in [0.25, 0.3) is 0 Å². The van der Waals surface area contributed by atoms with Gasteiger partial charge in [-0.1, -0.05) is 36.4 Å². The van der Waals surface area contributed by atoms with Gasteiger partial charge >= 0.3 is 0 Å². The van der Waals surface area contributed by atoms with Crippen molar-refractivity contribution in [3.8, 4) is 22.8 Å². The molecule has 1 heterocycles. The maximum atomic E-state index is 13.5.